The number of nitrogens with zero attached hydrogens (tertiary/aromatic N) is 1. The number of morpholine rings is 1. The average Bonchev–Trinajstić information content (AvgIpc) is 2.67. The van der Waals surface area contributed by atoms with E-state index >= 15 is 0 Å². The third-order valence-corrected chi connectivity index (χ3v) is 6.53. The minimum atomic E-state index is -3.77. The molecule has 2 N–H and O–H groups in total. The minimum Gasteiger partial charge on any atom is -0.385 e. The fourth-order valence-corrected chi connectivity index (χ4v) is 4.81. The van der Waals surface area contributed by atoms with Gasteiger partial charge < -0.3 is 14.7 Å². The Morgan fingerprint density at radius 2 is 1.81 bits per heavy atom. The summed E-state index contributed by atoms with van der Waals surface area (Å²) in [5.41, 5.74) is 1.53. The molecule has 1 atom stereocenters. The third-order valence-electron chi connectivity index (χ3n) is 4.72. The monoisotopic (exact) mass is 391 g/mol. The Morgan fingerprint density at radius 3 is 2.48 bits per heavy atom. The summed E-state index contributed by atoms with van der Waals surface area (Å²) < 4.78 is 33.2. The van der Waals surface area contributed by atoms with Crippen LogP contribution in [0.4, 0.5) is 5.69 Å². The van der Waals surface area contributed by atoms with Gasteiger partial charge in [-0.15, -0.1) is 0 Å². The fraction of sp³-hybridized carbons (Fsp3) is 0.400. The number of rotatable bonds is 7. The molecule has 3 rings (SSSR count). The molecule has 0 unspecified atom stereocenters. The number of hydrogen-bond donors (Lipinski definition) is 2. The van der Waals surface area contributed by atoms with Gasteiger partial charge in [0.15, 0.2) is 0 Å². The number of ether oxygens (including phenoxy) is 1. The molecular weight excluding hydrogens is 364 g/mol. The van der Waals surface area contributed by atoms with E-state index in [2.05, 4.69) is 0 Å². The number of quaternary nitrogens is 1. The van der Waals surface area contributed by atoms with Gasteiger partial charge in [0.05, 0.1) is 30.3 Å². The minimum absolute atomic E-state index is 0.0189. The van der Waals surface area contributed by atoms with Gasteiger partial charge in [-0.3, -0.25) is 4.31 Å². The van der Waals surface area contributed by atoms with Gasteiger partial charge in [-0.25, -0.2) is 8.42 Å². The van der Waals surface area contributed by atoms with E-state index in [1.165, 1.54) is 9.21 Å². The maximum atomic E-state index is 13.3. The topological polar surface area (TPSA) is 71.3 Å². The summed E-state index contributed by atoms with van der Waals surface area (Å²) in [4.78, 5) is 1.45. The fourth-order valence-electron chi connectivity index (χ4n) is 3.30. The predicted molar refractivity (Wildman–Crippen MR) is 105 cm³/mol. The van der Waals surface area contributed by atoms with Gasteiger partial charge in [-0.1, -0.05) is 30.3 Å². The Balaban J connectivity index is 1.86. The summed E-state index contributed by atoms with van der Waals surface area (Å²) in [5.74, 6) is 0. The molecule has 0 aliphatic carbocycles. The van der Waals surface area contributed by atoms with Crippen LogP contribution in [0.3, 0.4) is 0 Å². The first kappa shape index (κ1) is 19.8. The van der Waals surface area contributed by atoms with Gasteiger partial charge in [-0.05, 0) is 36.8 Å². The maximum absolute atomic E-state index is 13.3. The molecule has 1 fully saturated rings. The lowest BCUT2D eigenvalue weighted by Gasteiger charge is -2.30. The zero-order valence-corrected chi connectivity index (χ0v) is 16.4. The van der Waals surface area contributed by atoms with E-state index in [-0.39, 0.29) is 11.4 Å². The van der Waals surface area contributed by atoms with Crippen molar-refractivity contribution in [3.63, 3.8) is 0 Å². The molecule has 0 saturated carbocycles. The Hall–Kier alpha value is -1.93. The number of nitrogens with one attached hydrogen (secondary N) is 1. The number of sulfonamides is 1. The highest BCUT2D eigenvalue weighted by molar-refractivity contribution is 7.92. The Kier molecular flexibility index (Phi) is 6.49. The van der Waals surface area contributed by atoms with E-state index in [1.807, 2.05) is 25.1 Å². The van der Waals surface area contributed by atoms with E-state index < -0.39 is 16.1 Å². The van der Waals surface area contributed by atoms with Gasteiger partial charge in [0.25, 0.3) is 10.0 Å². The van der Waals surface area contributed by atoms with E-state index in [0.29, 0.717) is 25.4 Å². The van der Waals surface area contributed by atoms with Crippen LogP contribution < -0.4 is 9.21 Å². The van der Waals surface area contributed by atoms with Crippen molar-refractivity contribution in [1.29, 1.82) is 0 Å². The quantitative estimate of drug-likeness (QED) is 0.720. The summed E-state index contributed by atoms with van der Waals surface area (Å²) in [7, 11) is -3.77. The molecule has 2 aromatic carbocycles. The molecule has 146 valence electrons. The van der Waals surface area contributed by atoms with E-state index in [1.54, 1.807) is 36.4 Å². The molecule has 1 aliphatic rings. The van der Waals surface area contributed by atoms with E-state index in [0.717, 1.165) is 18.7 Å². The molecule has 0 amide bonds. The van der Waals surface area contributed by atoms with Gasteiger partial charge in [-0.2, -0.15) is 0 Å². The molecule has 2 aromatic rings. The molecule has 1 saturated heterocycles. The van der Waals surface area contributed by atoms with Gasteiger partial charge >= 0.3 is 0 Å². The average molecular weight is 392 g/mol. The number of aryl methyl sites for hydroxylation is 1. The van der Waals surface area contributed by atoms with Crippen LogP contribution in [0.5, 0.6) is 0 Å². The van der Waals surface area contributed by atoms with Crippen molar-refractivity contribution in [3.05, 3.63) is 60.2 Å². The first-order chi connectivity index (χ1) is 13.0. The van der Waals surface area contributed by atoms with Crippen LogP contribution in [0.15, 0.2) is 59.5 Å². The molecule has 0 radical (unpaired) electrons. The lowest BCUT2D eigenvalue weighted by Crippen LogP contribution is -3.15. The van der Waals surface area contributed by atoms with E-state index in [9.17, 15) is 13.5 Å². The lowest BCUT2D eigenvalue weighted by molar-refractivity contribution is -0.910. The molecular formula is C20H27N2O4S+. The van der Waals surface area contributed by atoms with Crippen LogP contribution in [0.1, 0.15) is 5.56 Å². The highest BCUT2D eigenvalue weighted by Gasteiger charge is 2.29. The number of anilines is 1. The van der Waals surface area contributed by atoms with Crippen molar-refractivity contribution in [3.8, 4) is 0 Å². The second kappa shape index (κ2) is 8.84. The molecule has 27 heavy (non-hydrogen) atoms. The van der Waals surface area contributed by atoms with Crippen LogP contribution in [0.25, 0.3) is 0 Å². The zero-order valence-electron chi connectivity index (χ0n) is 15.5. The first-order valence-electron chi connectivity index (χ1n) is 9.20. The van der Waals surface area contributed by atoms with Crippen molar-refractivity contribution < 1.29 is 23.2 Å². The van der Waals surface area contributed by atoms with Crippen molar-refractivity contribution in [1.82, 2.24) is 0 Å². The Labute approximate surface area is 161 Å². The molecule has 6 nitrogen and oxygen atoms in total. The predicted octanol–water partition coefficient (Wildman–Crippen LogP) is 0.466. The summed E-state index contributed by atoms with van der Waals surface area (Å²) in [5, 5.41) is 10.6. The largest absolute Gasteiger partial charge is 0.385 e. The highest BCUT2D eigenvalue weighted by atomic mass is 32.2. The zero-order chi connectivity index (χ0) is 19.3. The summed E-state index contributed by atoms with van der Waals surface area (Å²) >= 11 is 0. The Bertz CT molecular complexity index is 836. The van der Waals surface area contributed by atoms with Crippen LogP contribution in [0, 0.1) is 6.92 Å². The normalized spacial score (nSPS) is 16.8. The molecule has 0 spiro atoms. The van der Waals surface area contributed by atoms with Gasteiger partial charge in [0.1, 0.15) is 25.7 Å². The van der Waals surface area contributed by atoms with Crippen molar-refractivity contribution in [2.24, 2.45) is 0 Å². The summed E-state index contributed by atoms with van der Waals surface area (Å²) in [6.45, 7) is 5.43. The Morgan fingerprint density at radius 1 is 1.11 bits per heavy atom. The molecule has 7 heteroatoms. The standard InChI is InChI=1S/C20H26N2O4S/c1-17-6-5-7-18(14-17)22(27(24,25)20-8-3-2-4-9-20)16-19(23)15-21-10-12-26-13-11-21/h2-9,14,19,23H,10-13,15-16H2,1H3/p+1/t19-/m0/s1. The molecule has 0 aromatic heterocycles. The second-order valence-corrected chi connectivity index (χ2v) is 8.77. The van der Waals surface area contributed by atoms with E-state index in [4.69, 9.17) is 4.74 Å². The van der Waals surface area contributed by atoms with Crippen LogP contribution in [0.2, 0.25) is 0 Å². The third kappa shape index (κ3) is 5.07. The summed E-state index contributed by atoms with van der Waals surface area (Å²) in [6.07, 6.45) is -0.767. The van der Waals surface area contributed by atoms with Crippen LogP contribution in [-0.2, 0) is 14.8 Å². The SMILES string of the molecule is Cc1cccc(N(C[C@@H](O)C[NH+]2CCOCC2)S(=O)(=O)c2ccccc2)c1. The van der Waals surface area contributed by atoms with Crippen molar-refractivity contribution in [2.45, 2.75) is 17.9 Å². The first-order valence-corrected chi connectivity index (χ1v) is 10.6. The number of aliphatic hydroxyl groups excluding tert-OH is 1. The summed E-state index contributed by atoms with van der Waals surface area (Å²) in [6, 6.07) is 15.7. The van der Waals surface area contributed by atoms with Crippen LogP contribution in [-0.4, -0.2) is 59.0 Å². The lowest BCUT2D eigenvalue weighted by atomic mass is 10.2. The van der Waals surface area contributed by atoms with Gasteiger partial charge in [0.2, 0.25) is 0 Å². The highest BCUT2D eigenvalue weighted by Crippen LogP contribution is 2.24. The molecule has 0 bridgehead atoms. The number of benzene rings is 2. The maximum Gasteiger partial charge on any atom is 0.264 e. The molecule has 1 aliphatic heterocycles. The second-order valence-electron chi connectivity index (χ2n) is 6.91. The van der Waals surface area contributed by atoms with Gasteiger partial charge in [0, 0.05) is 0 Å². The van der Waals surface area contributed by atoms with Crippen LogP contribution >= 0.6 is 0 Å². The number of aliphatic hydroxyl groups is 1. The number of hydrogen-bond acceptors (Lipinski definition) is 4. The van der Waals surface area contributed by atoms with Crippen molar-refractivity contribution >= 4 is 15.7 Å². The smallest absolute Gasteiger partial charge is 0.264 e. The van der Waals surface area contributed by atoms with Crippen molar-refractivity contribution in [2.75, 3.05) is 43.7 Å². The molecule has 1 heterocycles.